The fourth-order valence-corrected chi connectivity index (χ4v) is 1.87. The number of aromatic nitrogens is 2. The second-order valence-corrected chi connectivity index (χ2v) is 4.16. The SMILES string of the molecule is Cc1cc(F)cc(-c2cc(C)[nH]c(=S)n2)c1. The van der Waals surface area contributed by atoms with Crippen molar-refractivity contribution in [3.63, 3.8) is 0 Å². The van der Waals surface area contributed by atoms with Crippen LogP contribution >= 0.6 is 12.2 Å². The number of H-pyrrole nitrogens is 1. The van der Waals surface area contributed by atoms with Crippen LogP contribution in [0.5, 0.6) is 0 Å². The highest BCUT2D eigenvalue weighted by Crippen LogP contribution is 2.20. The van der Waals surface area contributed by atoms with E-state index in [9.17, 15) is 4.39 Å². The molecule has 2 aromatic rings. The third-order valence-corrected chi connectivity index (χ3v) is 2.41. The third-order valence-electron chi connectivity index (χ3n) is 2.22. The van der Waals surface area contributed by atoms with E-state index < -0.39 is 0 Å². The third kappa shape index (κ3) is 2.33. The molecule has 0 bridgehead atoms. The molecule has 0 unspecified atom stereocenters. The van der Waals surface area contributed by atoms with Crippen molar-refractivity contribution >= 4 is 12.2 Å². The highest BCUT2D eigenvalue weighted by atomic mass is 32.1. The number of hydrogen-bond acceptors (Lipinski definition) is 2. The lowest BCUT2D eigenvalue weighted by molar-refractivity contribution is 0.627. The minimum atomic E-state index is -0.256. The highest BCUT2D eigenvalue weighted by Gasteiger charge is 2.03. The van der Waals surface area contributed by atoms with Crippen molar-refractivity contribution in [1.29, 1.82) is 0 Å². The number of halogens is 1. The predicted molar refractivity (Wildman–Crippen MR) is 64.3 cm³/mol. The molecule has 0 fully saturated rings. The quantitative estimate of drug-likeness (QED) is 0.764. The van der Waals surface area contributed by atoms with Gasteiger partial charge >= 0.3 is 0 Å². The number of benzene rings is 1. The van der Waals surface area contributed by atoms with Crippen molar-refractivity contribution in [3.05, 3.63) is 46.1 Å². The summed E-state index contributed by atoms with van der Waals surface area (Å²) < 4.78 is 13.7. The predicted octanol–water partition coefficient (Wildman–Crippen LogP) is 3.56. The summed E-state index contributed by atoms with van der Waals surface area (Å²) >= 11 is 4.99. The van der Waals surface area contributed by atoms with Crippen LogP contribution in [0.2, 0.25) is 0 Å². The van der Waals surface area contributed by atoms with Crippen molar-refractivity contribution in [3.8, 4) is 11.3 Å². The highest BCUT2D eigenvalue weighted by molar-refractivity contribution is 7.71. The average Bonchev–Trinajstić information content (AvgIpc) is 2.14. The minimum Gasteiger partial charge on any atom is -0.335 e. The zero-order valence-electron chi connectivity index (χ0n) is 9.04. The topological polar surface area (TPSA) is 28.7 Å². The molecule has 82 valence electrons. The van der Waals surface area contributed by atoms with Gasteiger partial charge in [0.15, 0.2) is 4.77 Å². The van der Waals surface area contributed by atoms with Crippen molar-refractivity contribution < 1.29 is 4.39 Å². The number of aromatic amines is 1. The molecule has 1 heterocycles. The monoisotopic (exact) mass is 234 g/mol. The second-order valence-electron chi connectivity index (χ2n) is 3.77. The number of aryl methyl sites for hydroxylation is 2. The standard InChI is InChI=1S/C12H11FN2S/c1-7-3-9(6-10(13)4-7)11-5-8(2)14-12(16)15-11/h3-6H,1-2H3,(H,14,15,16). The van der Waals surface area contributed by atoms with E-state index in [1.54, 1.807) is 0 Å². The fraction of sp³-hybridized carbons (Fsp3) is 0.167. The number of nitrogens with one attached hydrogen (secondary N) is 1. The van der Waals surface area contributed by atoms with E-state index in [-0.39, 0.29) is 5.82 Å². The van der Waals surface area contributed by atoms with Crippen LogP contribution in [0.1, 0.15) is 11.3 Å². The maximum atomic E-state index is 13.3. The summed E-state index contributed by atoms with van der Waals surface area (Å²) in [6, 6.07) is 6.69. The summed E-state index contributed by atoms with van der Waals surface area (Å²) in [5.41, 5.74) is 3.23. The van der Waals surface area contributed by atoms with E-state index in [4.69, 9.17) is 12.2 Å². The number of rotatable bonds is 1. The molecule has 0 aliphatic heterocycles. The van der Waals surface area contributed by atoms with Gasteiger partial charge in [-0.1, -0.05) is 0 Å². The zero-order chi connectivity index (χ0) is 11.7. The minimum absolute atomic E-state index is 0.256. The molecule has 0 saturated heterocycles. The maximum absolute atomic E-state index is 13.3. The molecule has 0 saturated carbocycles. The Balaban J connectivity index is 2.62. The van der Waals surface area contributed by atoms with Crippen LogP contribution in [0.3, 0.4) is 0 Å². The molecule has 2 rings (SSSR count). The molecule has 0 spiro atoms. The fourth-order valence-electron chi connectivity index (χ4n) is 1.61. The summed E-state index contributed by atoms with van der Waals surface area (Å²) in [4.78, 5) is 7.10. The first-order chi connectivity index (χ1) is 7.54. The smallest absolute Gasteiger partial charge is 0.197 e. The molecule has 2 nitrogen and oxygen atoms in total. The molecule has 0 atom stereocenters. The van der Waals surface area contributed by atoms with Gasteiger partial charge in [0.05, 0.1) is 5.69 Å². The second kappa shape index (κ2) is 4.14. The Hall–Kier alpha value is -1.55. The summed E-state index contributed by atoms with van der Waals surface area (Å²) in [6.45, 7) is 3.75. The first-order valence-corrected chi connectivity index (χ1v) is 5.31. The van der Waals surface area contributed by atoms with Gasteiger partial charge in [-0.15, -0.1) is 0 Å². The summed E-state index contributed by atoms with van der Waals surface area (Å²) in [5, 5.41) is 0. The average molecular weight is 234 g/mol. The Labute approximate surface area is 98.2 Å². The van der Waals surface area contributed by atoms with Gasteiger partial charge in [0, 0.05) is 11.3 Å². The van der Waals surface area contributed by atoms with Gasteiger partial charge in [0.25, 0.3) is 0 Å². The molecule has 0 amide bonds. The molecule has 1 N–H and O–H groups in total. The molecule has 0 aliphatic rings. The molecule has 1 aromatic heterocycles. The van der Waals surface area contributed by atoms with E-state index >= 15 is 0 Å². The molecule has 1 aromatic carbocycles. The van der Waals surface area contributed by atoms with E-state index in [1.165, 1.54) is 12.1 Å². The molecule has 0 aliphatic carbocycles. The van der Waals surface area contributed by atoms with E-state index in [0.717, 1.165) is 16.8 Å². The molecule has 4 heteroatoms. The van der Waals surface area contributed by atoms with Crippen LogP contribution in [0.15, 0.2) is 24.3 Å². The van der Waals surface area contributed by atoms with Gasteiger partial charge in [-0.2, -0.15) is 0 Å². The van der Waals surface area contributed by atoms with Crippen LogP contribution in [-0.2, 0) is 0 Å². The molecule has 16 heavy (non-hydrogen) atoms. The lowest BCUT2D eigenvalue weighted by Crippen LogP contribution is -1.91. The lowest BCUT2D eigenvalue weighted by Gasteiger charge is -2.04. The van der Waals surface area contributed by atoms with Crippen molar-refractivity contribution in [2.75, 3.05) is 0 Å². The normalized spacial score (nSPS) is 10.4. The zero-order valence-corrected chi connectivity index (χ0v) is 9.86. The van der Waals surface area contributed by atoms with Crippen LogP contribution in [-0.4, -0.2) is 9.97 Å². The largest absolute Gasteiger partial charge is 0.335 e. The van der Waals surface area contributed by atoms with Gasteiger partial charge in [-0.25, -0.2) is 9.37 Å². The lowest BCUT2D eigenvalue weighted by atomic mass is 10.1. The van der Waals surface area contributed by atoms with Crippen molar-refractivity contribution in [2.45, 2.75) is 13.8 Å². The Kier molecular flexibility index (Phi) is 2.83. The Morgan fingerprint density at radius 2 is 1.94 bits per heavy atom. The Morgan fingerprint density at radius 1 is 1.19 bits per heavy atom. The van der Waals surface area contributed by atoms with Gasteiger partial charge in [0.1, 0.15) is 5.82 Å². The summed E-state index contributed by atoms with van der Waals surface area (Å²) in [7, 11) is 0. The van der Waals surface area contributed by atoms with Gasteiger partial charge in [0.2, 0.25) is 0 Å². The van der Waals surface area contributed by atoms with Crippen LogP contribution < -0.4 is 0 Å². The first kappa shape index (κ1) is 11.0. The maximum Gasteiger partial charge on any atom is 0.197 e. The Bertz CT molecular complexity index is 570. The van der Waals surface area contributed by atoms with Gasteiger partial charge < -0.3 is 4.98 Å². The van der Waals surface area contributed by atoms with E-state index in [2.05, 4.69) is 9.97 Å². The van der Waals surface area contributed by atoms with Gasteiger partial charge in [-0.3, -0.25) is 0 Å². The molecular formula is C12H11FN2S. The van der Waals surface area contributed by atoms with E-state index in [0.29, 0.717) is 10.5 Å². The summed E-state index contributed by atoms with van der Waals surface area (Å²) in [5.74, 6) is -0.256. The Morgan fingerprint density at radius 3 is 2.56 bits per heavy atom. The molecule has 0 radical (unpaired) electrons. The van der Waals surface area contributed by atoms with Crippen LogP contribution in [0, 0.1) is 24.4 Å². The summed E-state index contributed by atoms with van der Waals surface area (Å²) in [6.07, 6.45) is 0. The first-order valence-electron chi connectivity index (χ1n) is 4.90. The van der Waals surface area contributed by atoms with E-state index in [1.807, 2.05) is 26.0 Å². The van der Waals surface area contributed by atoms with Crippen LogP contribution in [0.4, 0.5) is 4.39 Å². The van der Waals surface area contributed by atoms with Crippen molar-refractivity contribution in [2.24, 2.45) is 0 Å². The van der Waals surface area contributed by atoms with Crippen LogP contribution in [0.25, 0.3) is 11.3 Å². The van der Waals surface area contributed by atoms with Gasteiger partial charge in [-0.05, 0) is 55.9 Å². The number of hydrogen-bond donors (Lipinski definition) is 1. The number of nitrogens with zero attached hydrogens (tertiary/aromatic N) is 1. The molecular weight excluding hydrogens is 223 g/mol. The van der Waals surface area contributed by atoms with Crippen molar-refractivity contribution in [1.82, 2.24) is 9.97 Å².